The normalized spacial score (nSPS) is 16.6. The number of carbonyl (C=O) groups is 1. The summed E-state index contributed by atoms with van der Waals surface area (Å²) in [5.41, 5.74) is 0.394. The van der Waals surface area contributed by atoms with Gasteiger partial charge in [0, 0.05) is 18.0 Å². The van der Waals surface area contributed by atoms with Crippen LogP contribution in [0.3, 0.4) is 0 Å². The van der Waals surface area contributed by atoms with Crippen LogP contribution in [-0.2, 0) is 0 Å². The van der Waals surface area contributed by atoms with Crippen molar-refractivity contribution in [2.45, 2.75) is 31.7 Å². The summed E-state index contributed by atoms with van der Waals surface area (Å²) in [7, 11) is 0. The summed E-state index contributed by atoms with van der Waals surface area (Å²) in [4.78, 5) is 13.8. The van der Waals surface area contributed by atoms with Crippen molar-refractivity contribution in [3.63, 3.8) is 0 Å². The van der Waals surface area contributed by atoms with Crippen LogP contribution >= 0.6 is 11.5 Å². The second kappa shape index (κ2) is 5.36. The molecule has 6 heteroatoms. The highest BCUT2D eigenvalue weighted by molar-refractivity contribution is 7.03. The highest BCUT2D eigenvalue weighted by atomic mass is 32.1. The summed E-state index contributed by atoms with van der Waals surface area (Å²) in [6, 6.07) is 0.265. The van der Waals surface area contributed by atoms with Gasteiger partial charge in [0.15, 0.2) is 5.69 Å². The fourth-order valence-corrected chi connectivity index (χ4v) is 2.61. The van der Waals surface area contributed by atoms with Crippen molar-refractivity contribution in [2.24, 2.45) is 0 Å². The lowest BCUT2D eigenvalue weighted by atomic mass is 10.2. The third-order valence-corrected chi connectivity index (χ3v) is 3.45. The Morgan fingerprint density at radius 2 is 2.31 bits per heavy atom. The second-order valence-corrected chi connectivity index (χ2v) is 4.56. The highest BCUT2D eigenvalue weighted by Crippen LogP contribution is 2.24. The number of amides is 1. The van der Waals surface area contributed by atoms with Crippen LogP contribution < -0.4 is 0 Å². The number of aliphatic hydroxyl groups excluding tert-OH is 1. The molecule has 0 aliphatic heterocycles. The molecule has 0 atom stereocenters. The van der Waals surface area contributed by atoms with Crippen LogP contribution in [0, 0.1) is 0 Å². The van der Waals surface area contributed by atoms with Crippen LogP contribution in [0.15, 0.2) is 5.38 Å². The standard InChI is InChI=1S/C10H15N3O2S/c14-6-5-13(8-3-1-2-4-8)10(15)9-7-16-12-11-9/h7-8,14H,1-6H2. The number of rotatable bonds is 4. The van der Waals surface area contributed by atoms with Gasteiger partial charge in [-0.25, -0.2) is 0 Å². The first-order valence-corrected chi connectivity index (χ1v) is 6.35. The molecule has 1 amide bonds. The maximum atomic E-state index is 12.1. The maximum absolute atomic E-state index is 12.1. The maximum Gasteiger partial charge on any atom is 0.275 e. The summed E-state index contributed by atoms with van der Waals surface area (Å²) >= 11 is 1.17. The van der Waals surface area contributed by atoms with E-state index in [9.17, 15) is 4.79 Å². The van der Waals surface area contributed by atoms with Crippen molar-refractivity contribution in [1.29, 1.82) is 0 Å². The largest absolute Gasteiger partial charge is 0.395 e. The lowest BCUT2D eigenvalue weighted by Crippen LogP contribution is -2.40. The molecule has 0 radical (unpaired) electrons. The predicted octanol–water partition coefficient (Wildman–Crippen LogP) is 0.915. The van der Waals surface area contributed by atoms with Crippen LogP contribution in [0.1, 0.15) is 36.2 Å². The molecular weight excluding hydrogens is 226 g/mol. The van der Waals surface area contributed by atoms with Gasteiger partial charge in [-0.15, -0.1) is 5.10 Å². The highest BCUT2D eigenvalue weighted by Gasteiger charge is 2.28. The van der Waals surface area contributed by atoms with Crippen molar-refractivity contribution in [2.75, 3.05) is 13.2 Å². The van der Waals surface area contributed by atoms with Crippen molar-refractivity contribution >= 4 is 17.4 Å². The summed E-state index contributed by atoms with van der Waals surface area (Å²) in [6.07, 6.45) is 4.39. The lowest BCUT2D eigenvalue weighted by Gasteiger charge is -2.27. The van der Waals surface area contributed by atoms with E-state index in [-0.39, 0.29) is 18.6 Å². The molecule has 0 spiro atoms. The molecule has 0 saturated heterocycles. The lowest BCUT2D eigenvalue weighted by molar-refractivity contribution is 0.0632. The summed E-state index contributed by atoms with van der Waals surface area (Å²) in [6.45, 7) is 0.390. The molecule has 1 aliphatic rings. The van der Waals surface area contributed by atoms with E-state index in [4.69, 9.17) is 5.11 Å². The van der Waals surface area contributed by atoms with Crippen LogP contribution in [0.2, 0.25) is 0 Å². The second-order valence-electron chi connectivity index (χ2n) is 3.95. The topological polar surface area (TPSA) is 66.3 Å². The molecule has 1 N–H and O–H groups in total. The number of nitrogens with zero attached hydrogens (tertiary/aromatic N) is 3. The molecule has 2 rings (SSSR count). The van der Waals surface area contributed by atoms with Gasteiger partial charge >= 0.3 is 0 Å². The zero-order valence-corrected chi connectivity index (χ0v) is 9.82. The van der Waals surface area contributed by atoms with E-state index >= 15 is 0 Å². The van der Waals surface area contributed by atoms with Crippen LogP contribution in [0.25, 0.3) is 0 Å². The Morgan fingerprint density at radius 1 is 1.56 bits per heavy atom. The van der Waals surface area contributed by atoms with Crippen molar-refractivity contribution in [3.05, 3.63) is 11.1 Å². The molecule has 88 valence electrons. The monoisotopic (exact) mass is 241 g/mol. The SMILES string of the molecule is O=C(c1csnn1)N(CCO)C1CCCC1. The van der Waals surface area contributed by atoms with Gasteiger partial charge in [-0.3, -0.25) is 4.79 Å². The van der Waals surface area contributed by atoms with Crippen molar-refractivity contribution < 1.29 is 9.90 Å². The number of hydrogen-bond donors (Lipinski definition) is 1. The minimum atomic E-state index is -0.102. The molecule has 1 aromatic heterocycles. The first-order chi connectivity index (χ1) is 7.83. The minimum Gasteiger partial charge on any atom is -0.395 e. The third kappa shape index (κ3) is 2.38. The smallest absolute Gasteiger partial charge is 0.275 e. The number of aromatic nitrogens is 2. The summed E-state index contributed by atoms with van der Waals surface area (Å²) < 4.78 is 3.69. The predicted molar refractivity (Wildman–Crippen MR) is 60.3 cm³/mol. The molecular formula is C10H15N3O2S. The van der Waals surface area contributed by atoms with Gasteiger partial charge in [0.25, 0.3) is 5.91 Å². The Balaban J connectivity index is 2.09. The molecule has 0 bridgehead atoms. The van der Waals surface area contributed by atoms with E-state index < -0.39 is 0 Å². The first-order valence-electron chi connectivity index (χ1n) is 5.52. The van der Waals surface area contributed by atoms with E-state index in [0.717, 1.165) is 25.7 Å². The van der Waals surface area contributed by atoms with Gasteiger partial charge in [-0.05, 0) is 24.4 Å². The Labute approximate surface area is 98.2 Å². The quantitative estimate of drug-likeness (QED) is 0.851. The van der Waals surface area contributed by atoms with Gasteiger partial charge in [0.1, 0.15) is 0 Å². The third-order valence-electron chi connectivity index (χ3n) is 2.95. The Morgan fingerprint density at radius 3 is 2.88 bits per heavy atom. The molecule has 0 unspecified atom stereocenters. The minimum absolute atomic E-state index is 0.000193. The van der Waals surface area contributed by atoms with E-state index in [1.165, 1.54) is 11.5 Å². The van der Waals surface area contributed by atoms with Crippen LogP contribution in [0.4, 0.5) is 0 Å². The molecule has 0 aromatic carbocycles. The molecule has 1 heterocycles. The van der Waals surface area contributed by atoms with Gasteiger partial charge in [-0.1, -0.05) is 17.3 Å². The van der Waals surface area contributed by atoms with Crippen molar-refractivity contribution in [3.8, 4) is 0 Å². The molecule has 1 aliphatic carbocycles. The van der Waals surface area contributed by atoms with E-state index in [1.54, 1.807) is 10.3 Å². The Hall–Kier alpha value is -1.01. The fraction of sp³-hybridized carbons (Fsp3) is 0.700. The fourth-order valence-electron chi connectivity index (χ4n) is 2.18. The Bertz CT molecular complexity index is 336. The summed E-state index contributed by atoms with van der Waals surface area (Å²) in [5.74, 6) is -0.102. The zero-order chi connectivity index (χ0) is 11.4. The first kappa shape index (κ1) is 11.5. The average molecular weight is 241 g/mol. The Kier molecular flexibility index (Phi) is 3.84. The molecule has 5 nitrogen and oxygen atoms in total. The van der Waals surface area contributed by atoms with E-state index in [1.807, 2.05) is 0 Å². The van der Waals surface area contributed by atoms with Crippen molar-refractivity contribution in [1.82, 2.24) is 14.5 Å². The number of hydrogen-bond acceptors (Lipinski definition) is 5. The van der Waals surface area contributed by atoms with E-state index in [2.05, 4.69) is 9.59 Å². The molecule has 1 saturated carbocycles. The average Bonchev–Trinajstić information content (AvgIpc) is 2.96. The zero-order valence-electron chi connectivity index (χ0n) is 9.00. The van der Waals surface area contributed by atoms with Gasteiger partial charge in [0.2, 0.25) is 0 Å². The number of aliphatic hydroxyl groups is 1. The van der Waals surface area contributed by atoms with Crippen LogP contribution in [-0.4, -0.2) is 44.7 Å². The van der Waals surface area contributed by atoms with E-state index in [0.29, 0.717) is 12.2 Å². The van der Waals surface area contributed by atoms with Gasteiger partial charge in [-0.2, -0.15) is 0 Å². The summed E-state index contributed by atoms with van der Waals surface area (Å²) in [5, 5.41) is 14.5. The number of carbonyl (C=O) groups excluding carboxylic acids is 1. The molecule has 1 aromatic rings. The van der Waals surface area contributed by atoms with Gasteiger partial charge < -0.3 is 10.0 Å². The van der Waals surface area contributed by atoms with Crippen LogP contribution in [0.5, 0.6) is 0 Å². The molecule has 1 fully saturated rings. The molecule has 16 heavy (non-hydrogen) atoms. The van der Waals surface area contributed by atoms with Gasteiger partial charge in [0.05, 0.1) is 6.61 Å².